The molecular weight excluding hydrogens is 284 g/mol. The number of nitrogens with zero attached hydrogens (tertiary/aromatic N) is 4. The first-order valence-electron chi connectivity index (χ1n) is 5.33. The monoisotopic (exact) mass is 290 g/mol. The Kier molecular flexibility index (Phi) is 2.88. The van der Waals surface area contributed by atoms with E-state index in [1.807, 2.05) is 0 Å². The molecule has 0 saturated carbocycles. The maximum atomic E-state index is 11.1. The molecule has 8 nitrogen and oxygen atoms in total. The van der Waals surface area contributed by atoms with Gasteiger partial charge in [0.05, 0.1) is 6.26 Å². The van der Waals surface area contributed by atoms with Gasteiger partial charge in [-0.15, -0.1) is 0 Å². The Morgan fingerprint density at radius 3 is 3.00 bits per heavy atom. The van der Waals surface area contributed by atoms with Crippen molar-refractivity contribution in [3.05, 3.63) is 24.7 Å². The van der Waals surface area contributed by atoms with Crippen LogP contribution < -0.4 is 4.74 Å². The van der Waals surface area contributed by atoms with E-state index in [0.717, 1.165) is 16.4 Å². The van der Waals surface area contributed by atoms with Gasteiger partial charge in [-0.2, -0.15) is 9.97 Å². The van der Waals surface area contributed by atoms with E-state index < -0.39 is 6.09 Å². The number of carbonyl (C=O) groups is 1. The molecule has 3 rings (SSSR count). The predicted octanol–water partition coefficient (Wildman–Crippen LogP) is 1.95. The van der Waals surface area contributed by atoms with E-state index in [0.29, 0.717) is 17.0 Å². The lowest BCUT2D eigenvalue weighted by atomic mass is 10.3. The zero-order valence-corrected chi connectivity index (χ0v) is 10.6. The molecule has 100 valence electrons. The molecule has 0 aromatic carbocycles. The third-order valence-electron chi connectivity index (χ3n) is 2.49. The molecule has 0 bridgehead atoms. The first-order chi connectivity index (χ1) is 9.70. The van der Waals surface area contributed by atoms with Crippen molar-refractivity contribution in [1.82, 2.24) is 19.5 Å². The van der Waals surface area contributed by atoms with Gasteiger partial charge >= 0.3 is 12.1 Å². The van der Waals surface area contributed by atoms with E-state index >= 15 is 0 Å². The Morgan fingerprint density at radius 1 is 1.50 bits per heavy atom. The van der Waals surface area contributed by atoms with Crippen LogP contribution in [-0.2, 0) is 0 Å². The Bertz CT molecular complexity index is 796. The van der Waals surface area contributed by atoms with Gasteiger partial charge in [0.15, 0.2) is 17.0 Å². The van der Waals surface area contributed by atoms with Crippen molar-refractivity contribution in [2.24, 2.45) is 0 Å². The molecule has 0 atom stereocenters. The number of hydrogen-bond donors (Lipinski definition) is 1. The summed E-state index contributed by atoms with van der Waals surface area (Å²) in [4.78, 5) is 23.2. The van der Waals surface area contributed by atoms with Crippen molar-refractivity contribution in [2.75, 3.05) is 0 Å². The lowest BCUT2D eigenvalue weighted by Crippen LogP contribution is -2.08. The molecule has 0 radical (unpaired) electrons. The molecule has 0 aliphatic heterocycles. The van der Waals surface area contributed by atoms with E-state index in [2.05, 4.69) is 27.2 Å². The molecule has 9 heteroatoms. The van der Waals surface area contributed by atoms with Gasteiger partial charge in [-0.05, 0) is 24.4 Å². The van der Waals surface area contributed by atoms with E-state index in [-0.39, 0.29) is 11.7 Å². The topological polar surface area (TPSA) is 103 Å². The molecule has 0 aliphatic rings. The average Bonchev–Trinajstić information content (AvgIpc) is 3.07. The van der Waals surface area contributed by atoms with E-state index in [4.69, 9.17) is 14.3 Å². The zero-order valence-electron chi connectivity index (χ0n) is 9.76. The van der Waals surface area contributed by atoms with Gasteiger partial charge in [0, 0.05) is 0 Å². The fraction of sp³-hybridized carbons (Fsp3) is 0. The van der Waals surface area contributed by atoms with Crippen LogP contribution in [0.25, 0.3) is 22.6 Å². The second-order valence-electron chi connectivity index (χ2n) is 3.62. The number of hydrogen-bond acceptors (Lipinski definition) is 7. The molecular formula is C11H6N4O4S. The van der Waals surface area contributed by atoms with E-state index in [9.17, 15) is 4.79 Å². The summed E-state index contributed by atoms with van der Waals surface area (Å²) in [6.07, 6.45) is 1.39. The highest BCUT2D eigenvalue weighted by Crippen LogP contribution is 2.27. The van der Waals surface area contributed by atoms with Crippen LogP contribution >= 0.6 is 12.2 Å². The van der Waals surface area contributed by atoms with Crippen LogP contribution in [0.15, 0.2) is 29.1 Å². The normalized spacial score (nSPS) is 10.6. The predicted molar refractivity (Wildman–Crippen MR) is 70.7 cm³/mol. The largest absolute Gasteiger partial charge is 0.464 e. The Balaban J connectivity index is 2.32. The standard InChI is InChI=1S/C11H6N4O4S/c16-11(17)15-4-12-8-7(6-2-1-3-18-6)13-10(19-5-20)14-9(8)15/h1-5H,(H,16,17). The maximum Gasteiger partial charge on any atom is 0.418 e. The highest BCUT2D eigenvalue weighted by Gasteiger charge is 2.19. The summed E-state index contributed by atoms with van der Waals surface area (Å²) >= 11 is 4.57. The summed E-state index contributed by atoms with van der Waals surface area (Å²) in [5.41, 5.74) is 1.69. The fourth-order valence-corrected chi connectivity index (χ4v) is 1.79. The minimum atomic E-state index is -1.22. The Hall–Kier alpha value is -2.81. The lowest BCUT2D eigenvalue weighted by Gasteiger charge is -2.02. The summed E-state index contributed by atoms with van der Waals surface area (Å²) in [6.45, 7) is 0. The molecule has 20 heavy (non-hydrogen) atoms. The summed E-state index contributed by atoms with van der Waals surface area (Å²) in [5, 5.41) is 9.08. The number of rotatable bonds is 3. The third-order valence-corrected chi connectivity index (χ3v) is 2.59. The van der Waals surface area contributed by atoms with Crippen molar-refractivity contribution < 1.29 is 19.1 Å². The van der Waals surface area contributed by atoms with Crippen LogP contribution in [0.2, 0.25) is 0 Å². The SMILES string of the molecule is O=C(O)n1cnc2c(-c3ccco3)nc(OC=S)nc21. The smallest absolute Gasteiger partial charge is 0.418 e. The lowest BCUT2D eigenvalue weighted by molar-refractivity contribution is 0.197. The fourth-order valence-electron chi connectivity index (χ4n) is 1.70. The average molecular weight is 290 g/mol. The second-order valence-corrected chi connectivity index (χ2v) is 3.81. The van der Waals surface area contributed by atoms with Gasteiger partial charge in [0.25, 0.3) is 0 Å². The number of fused-ring (bicyclic) bond motifs is 1. The van der Waals surface area contributed by atoms with Crippen LogP contribution in [0, 0.1) is 0 Å². The molecule has 3 aromatic heterocycles. The Labute approximate surface area is 116 Å². The number of imidazole rings is 1. The van der Waals surface area contributed by atoms with E-state index in [1.165, 1.54) is 6.26 Å². The van der Waals surface area contributed by atoms with Gasteiger partial charge in [-0.1, -0.05) is 0 Å². The molecule has 0 spiro atoms. The van der Waals surface area contributed by atoms with Crippen molar-refractivity contribution >= 4 is 35.0 Å². The molecule has 3 aromatic rings. The maximum absolute atomic E-state index is 11.1. The molecule has 0 aliphatic carbocycles. The first kappa shape index (κ1) is 12.2. The van der Waals surface area contributed by atoms with Crippen LogP contribution in [0.4, 0.5) is 4.79 Å². The van der Waals surface area contributed by atoms with Gasteiger partial charge in [-0.3, -0.25) is 0 Å². The number of aromatic nitrogens is 4. The van der Waals surface area contributed by atoms with Gasteiger partial charge < -0.3 is 14.3 Å². The highest BCUT2D eigenvalue weighted by molar-refractivity contribution is 7.78. The highest BCUT2D eigenvalue weighted by atomic mass is 32.1. The van der Waals surface area contributed by atoms with Gasteiger partial charge in [0.2, 0.25) is 0 Å². The zero-order chi connectivity index (χ0) is 14.1. The van der Waals surface area contributed by atoms with Crippen molar-refractivity contribution in [3.8, 4) is 17.5 Å². The first-order valence-corrected chi connectivity index (χ1v) is 5.80. The molecule has 0 amide bonds. The van der Waals surface area contributed by atoms with Crippen LogP contribution in [-0.4, -0.2) is 36.3 Å². The van der Waals surface area contributed by atoms with Gasteiger partial charge in [0.1, 0.15) is 17.5 Å². The van der Waals surface area contributed by atoms with Crippen molar-refractivity contribution in [3.63, 3.8) is 0 Å². The number of carboxylic acid groups (broad SMARTS) is 1. The van der Waals surface area contributed by atoms with Crippen LogP contribution in [0.1, 0.15) is 0 Å². The molecule has 1 N–H and O–H groups in total. The number of thiocarbonyl (C=S) groups is 1. The van der Waals surface area contributed by atoms with Gasteiger partial charge in [-0.25, -0.2) is 14.3 Å². The summed E-state index contributed by atoms with van der Waals surface area (Å²) in [7, 11) is 0. The summed E-state index contributed by atoms with van der Waals surface area (Å²) < 4.78 is 11.1. The second kappa shape index (κ2) is 4.70. The minimum Gasteiger partial charge on any atom is -0.464 e. The van der Waals surface area contributed by atoms with Crippen molar-refractivity contribution in [1.29, 1.82) is 0 Å². The summed E-state index contributed by atoms with van der Waals surface area (Å²) in [6, 6.07) is 3.27. The van der Waals surface area contributed by atoms with Crippen molar-refractivity contribution in [2.45, 2.75) is 0 Å². The molecule has 3 heterocycles. The van der Waals surface area contributed by atoms with Crippen LogP contribution in [0.3, 0.4) is 0 Å². The molecule has 0 saturated heterocycles. The quantitative estimate of drug-likeness (QED) is 0.730. The number of ether oxygens (including phenoxy) is 1. The number of furan rings is 1. The minimum absolute atomic E-state index is 0.0816. The van der Waals surface area contributed by atoms with E-state index in [1.54, 1.807) is 12.1 Å². The molecule has 0 unspecified atom stereocenters. The third kappa shape index (κ3) is 1.89. The molecule has 0 fully saturated rings. The Morgan fingerprint density at radius 2 is 2.35 bits per heavy atom. The van der Waals surface area contributed by atoms with Crippen LogP contribution in [0.5, 0.6) is 6.01 Å². The summed E-state index contributed by atoms with van der Waals surface area (Å²) in [5.74, 6) is 0.419.